The van der Waals surface area contributed by atoms with E-state index in [1.165, 1.54) is 11.8 Å². The molecule has 10 heteroatoms. The molecule has 2 atom stereocenters. The molecule has 2 aromatic rings. The summed E-state index contributed by atoms with van der Waals surface area (Å²) in [4.78, 5) is 12.4. The summed E-state index contributed by atoms with van der Waals surface area (Å²) in [5, 5.41) is 16.6. The van der Waals surface area contributed by atoms with Gasteiger partial charge >= 0.3 is 0 Å². The minimum atomic E-state index is -0.0622. The average Bonchev–Trinajstić information content (AvgIpc) is 3.36. The topological polar surface area (TPSA) is 81.9 Å². The van der Waals surface area contributed by atoms with Crippen molar-refractivity contribution in [3.8, 4) is 0 Å². The summed E-state index contributed by atoms with van der Waals surface area (Å²) in [5.41, 5.74) is 1.01. The standard InChI is InChI=1S/C19H25Cl2N5O2S/c1-2-4-13(16-7-6-14(20)9-17(16)21)10-22-18(27)12-29-19-23-24-25-26(19)11-15-5-3-8-28-15/h6-7,9,13,15H,2-5,8,10-12H2,1H3,(H,22,27)/t13-,15+/m1/s1. The van der Waals surface area contributed by atoms with Gasteiger partial charge in [0.15, 0.2) is 0 Å². The Bertz CT molecular complexity index is 814. The zero-order chi connectivity index (χ0) is 20.6. The van der Waals surface area contributed by atoms with Gasteiger partial charge in [0.05, 0.1) is 18.4 Å². The van der Waals surface area contributed by atoms with Gasteiger partial charge in [0.2, 0.25) is 11.1 Å². The average molecular weight is 458 g/mol. The molecule has 1 aliphatic rings. The minimum absolute atomic E-state index is 0.0622. The molecular formula is C19H25Cl2N5O2S. The normalized spacial score (nSPS) is 17.4. The van der Waals surface area contributed by atoms with E-state index in [-0.39, 0.29) is 23.7 Å². The van der Waals surface area contributed by atoms with Crippen LogP contribution in [0.2, 0.25) is 10.0 Å². The van der Waals surface area contributed by atoms with Crippen LogP contribution in [0, 0.1) is 0 Å². The molecule has 0 radical (unpaired) electrons. The van der Waals surface area contributed by atoms with Gasteiger partial charge in [0.1, 0.15) is 0 Å². The van der Waals surface area contributed by atoms with E-state index in [2.05, 4.69) is 27.8 Å². The molecule has 7 nitrogen and oxygen atoms in total. The molecule has 0 aliphatic carbocycles. The van der Waals surface area contributed by atoms with Gasteiger partial charge in [-0.05, 0) is 47.4 Å². The van der Waals surface area contributed by atoms with Crippen molar-refractivity contribution in [2.75, 3.05) is 18.9 Å². The van der Waals surface area contributed by atoms with E-state index in [0.717, 1.165) is 37.9 Å². The molecule has 29 heavy (non-hydrogen) atoms. The van der Waals surface area contributed by atoms with Crippen LogP contribution in [-0.2, 0) is 16.1 Å². The Morgan fingerprint density at radius 1 is 1.45 bits per heavy atom. The molecule has 0 spiro atoms. The maximum Gasteiger partial charge on any atom is 0.230 e. The van der Waals surface area contributed by atoms with E-state index in [1.807, 2.05) is 12.1 Å². The van der Waals surface area contributed by atoms with Gasteiger partial charge in [-0.25, -0.2) is 4.68 Å². The molecular weight excluding hydrogens is 433 g/mol. The van der Waals surface area contributed by atoms with Crippen LogP contribution in [0.15, 0.2) is 23.4 Å². The Kier molecular flexibility index (Phi) is 8.59. The third-order valence-corrected chi connectivity index (χ3v) is 6.34. The summed E-state index contributed by atoms with van der Waals surface area (Å²) in [6.07, 6.45) is 4.14. The zero-order valence-corrected chi connectivity index (χ0v) is 18.6. The molecule has 1 aromatic heterocycles. The number of hydrogen-bond acceptors (Lipinski definition) is 6. The van der Waals surface area contributed by atoms with Crippen molar-refractivity contribution in [2.45, 2.75) is 56.3 Å². The monoisotopic (exact) mass is 457 g/mol. The van der Waals surface area contributed by atoms with Gasteiger partial charge in [0.25, 0.3) is 0 Å². The van der Waals surface area contributed by atoms with Gasteiger partial charge < -0.3 is 10.1 Å². The Balaban J connectivity index is 1.50. The highest BCUT2D eigenvalue weighted by Gasteiger charge is 2.20. The number of carbonyl (C=O) groups is 1. The second-order valence-electron chi connectivity index (χ2n) is 7.02. The smallest absolute Gasteiger partial charge is 0.230 e. The molecule has 0 unspecified atom stereocenters. The van der Waals surface area contributed by atoms with Crippen LogP contribution >= 0.6 is 35.0 Å². The number of aromatic nitrogens is 4. The molecule has 1 aromatic carbocycles. The third kappa shape index (κ3) is 6.57. The number of rotatable bonds is 10. The van der Waals surface area contributed by atoms with Crippen molar-refractivity contribution in [2.24, 2.45) is 0 Å². The van der Waals surface area contributed by atoms with Crippen molar-refractivity contribution >= 4 is 40.9 Å². The Morgan fingerprint density at radius 3 is 3.03 bits per heavy atom. The predicted octanol–water partition coefficient (Wildman–Crippen LogP) is 3.95. The predicted molar refractivity (Wildman–Crippen MR) is 115 cm³/mol. The van der Waals surface area contributed by atoms with Crippen molar-refractivity contribution in [1.82, 2.24) is 25.5 Å². The number of halogens is 2. The number of benzene rings is 1. The zero-order valence-electron chi connectivity index (χ0n) is 16.3. The van der Waals surface area contributed by atoms with E-state index in [1.54, 1.807) is 10.7 Å². The summed E-state index contributed by atoms with van der Waals surface area (Å²) in [5.74, 6) is 0.329. The van der Waals surface area contributed by atoms with E-state index < -0.39 is 0 Å². The number of thioether (sulfide) groups is 1. The lowest BCUT2D eigenvalue weighted by Gasteiger charge is -2.19. The highest BCUT2D eigenvalue weighted by molar-refractivity contribution is 7.99. The van der Waals surface area contributed by atoms with Gasteiger partial charge in [-0.3, -0.25) is 4.79 Å². The highest BCUT2D eigenvalue weighted by Crippen LogP contribution is 2.30. The Labute approximate surface area is 184 Å². The molecule has 0 bridgehead atoms. The molecule has 1 fully saturated rings. The van der Waals surface area contributed by atoms with E-state index in [9.17, 15) is 4.79 Å². The summed E-state index contributed by atoms with van der Waals surface area (Å²) in [6, 6.07) is 5.51. The largest absolute Gasteiger partial charge is 0.376 e. The first-order valence-electron chi connectivity index (χ1n) is 9.79. The Morgan fingerprint density at radius 2 is 2.31 bits per heavy atom. The molecule has 1 N–H and O–H groups in total. The molecule has 1 aliphatic heterocycles. The van der Waals surface area contributed by atoms with Crippen molar-refractivity contribution < 1.29 is 9.53 Å². The summed E-state index contributed by atoms with van der Waals surface area (Å²) in [7, 11) is 0. The number of carbonyl (C=O) groups excluding carboxylic acids is 1. The first-order valence-corrected chi connectivity index (χ1v) is 11.5. The quantitative estimate of drug-likeness (QED) is 0.543. The summed E-state index contributed by atoms with van der Waals surface area (Å²) < 4.78 is 7.34. The van der Waals surface area contributed by atoms with Gasteiger partial charge in [-0.1, -0.05) is 54.4 Å². The molecule has 1 amide bonds. The van der Waals surface area contributed by atoms with Gasteiger partial charge in [0, 0.05) is 29.1 Å². The van der Waals surface area contributed by atoms with E-state index in [4.69, 9.17) is 27.9 Å². The molecule has 1 saturated heterocycles. The lowest BCUT2D eigenvalue weighted by molar-refractivity contribution is -0.118. The fraction of sp³-hybridized carbons (Fsp3) is 0.579. The van der Waals surface area contributed by atoms with Crippen molar-refractivity contribution in [3.63, 3.8) is 0 Å². The number of hydrogen-bond donors (Lipinski definition) is 1. The summed E-state index contributed by atoms with van der Waals surface area (Å²) >= 11 is 13.7. The first-order chi connectivity index (χ1) is 14.1. The number of nitrogens with one attached hydrogen (secondary N) is 1. The highest BCUT2D eigenvalue weighted by atomic mass is 35.5. The van der Waals surface area contributed by atoms with E-state index >= 15 is 0 Å². The Hall–Kier alpha value is -1.35. The SMILES string of the molecule is CCC[C@H](CNC(=O)CSc1nnnn1C[C@@H]1CCCO1)c1ccc(Cl)cc1Cl. The van der Waals surface area contributed by atoms with Crippen molar-refractivity contribution in [3.05, 3.63) is 33.8 Å². The lowest BCUT2D eigenvalue weighted by atomic mass is 9.94. The molecule has 2 heterocycles. The van der Waals surface area contributed by atoms with Crippen LogP contribution in [0.3, 0.4) is 0 Å². The number of amides is 1. The first kappa shape index (κ1) is 22.3. The van der Waals surface area contributed by atoms with Crippen LogP contribution < -0.4 is 5.32 Å². The van der Waals surface area contributed by atoms with Crippen molar-refractivity contribution in [1.29, 1.82) is 0 Å². The maximum absolute atomic E-state index is 12.4. The van der Waals surface area contributed by atoms with Crippen LogP contribution in [0.1, 0.15) is 44.1 Å². The second kappa shape index (κ2) is 11.2. The van der Waals surface area contributed by atoms with Crippen LogP contribution in [0.5, 0.6) is 0 Å². The maximum atomic E-state index is 12.4. The van der Waals surface area contributed by atoms with Gasteiger partial charge in [-0.15, -0.1) is 5.10 Å². The van der Waals surface area contributed by atoms with Gasteiger partial charge in [-0.2, -0.15) is 0 Å². The fourth-order valence-electron chi connectivity index (χ4n) is 3.36. The number of tetrazole rings is 1. The molecule has 158 valence electrons. The molecule has 0 saturated carbocycles. The number of nitrogens with zero attached hydrogens (tertiary/aromatic N) is 4. The number of ether oxygens (including phenoxy) is 1. The third-order valence-electron chi connectivity index (χ3n) is 4.82. The minimum Gasteiger partial charge on any atom is -0.376 e. The lowest BCUT2D eigenvalue weighted by Crippen LogP contribution is -2.30. The van der Waals surface area contributed by atoms with Crippen LogP contribution in [-0.4, -0.2) is 51.1 Å². The fourth-order valence-corrected chi connectivity index (χ4v) is 4.64. The van der Waals surface area contributed by atoms with Crippen LogP contribution in [0.4, 0.5) is 0 Å². The molecule has 3 rings (SSSR count). The van der Waals surface area contributed by atoms with E-state index in [0.29, 0.717) is 28.3 Å². The summed E-state index contributed by atoms with van der Waals surface area (Å²) in [6.45, 7) is 4.04. The second-order valence-corrected chi connectivity index (χ2v) is 8.81. The van der Waals surface area contributed by atoms with Crippen LogP contribution in [0.25, 0.3) is 0 Å².